The molecule has 142 valence electrons. The van der Waals surface area contributed by atoms with Gasteiger partial charge in [-0.2, -0.15) is 0 Å². The predicted molar refractivity (Wildman–Crippen MR) is 105 cm³/mol. The van der Waals surface area contributed by atoms with E-state index in [2.05, 4.69) is 16.0 Å². The lowest BCUT2D eigenvalue weighted by Crippen LogP contribution is -2.35. The van der Waals surface area contributed by atoms with Gasteiger partial charge in [0.15, 0.2) is 0 Å². The molecule has 0 saturated heterocycles. The van der Waals surface area contributed by atoms with Crippen molar-refractivity contribution in [3.63, 3.8) is 0 Å². The molecule has 0 spiro atoms. The monoisotopic (exact) mass is 387 g/mol. The summed E-state index contributed by atoms with van der Waals surface area (Å²) >= 11 is 5.78. The molecule has 2 aromatic rings. The molecule has 0 aliphatic heterocycles. The Hall–Kier alpha value is -2.86. The Morgan fingerprint density at radius 3 is 1.93 bits per heavy atom. The fourth-order valence-corrected chi connectivity index (χ4v) is 2.44. The van der Waals surface area contributed by atoms with Crippen LogP contribution in [0.1, 0.15) is 33.6 Å². The van der Waals surface area contributed by atoms with Gasteiger partial charge in [-0.1, -0.05) is 29.8 Å². The summed E-state index contributed by atoms with van der Waals surface area (Å²) in [5, 5.41) is 8.79. The van der Waals surface area contributed by atoms with Crippen LogP contribution >= 0.6 is 11.6 Å². The number of halogens is 1. The van der Waals surface area contributed by atoms with Gasteiger partial charge >= 0.3 is 0 Å². The first-order valence-electron chi connectivity index (χ1n) is 8.70. The number of hydrogen-bond acceptors (Lipinski definition) is 3. The molecule has 2 rings (SSSR count). The third kappa shape index (κ3) is 7.50. The zero-order valence-corrected chi connectivity index (χ0v) is 15.6. The molecule has 0 bridgehead atoms. The first kappa shape index (κ1) is 20.5. The first-order chi connectivity index (χ1) is 13.1. The first-order valence-corrected chi connectivity index (χ1v) is 9.08. The lowest BCUT2D eigenvalue weighted by Gasteiger charge is -2.08. The number of rotatable bonds is 9. The van der Waals surface area contributed by atoms with E-state index in [1.54, 1.807) is 48.5 Å². The normalized spacial score (nSPS) is 10.1. The van der Waals surface area contributed by atoms with E-state index in [0.29, 0.717) is 48.6 Å². The van der Waals surface area contributed by atoms with Crippen LogP contribution in [0.3, 0.4) is 0 Å². The molecule has 0 heterocycles. The van der Waals surface area contributed by atoms with E-state index in [0.717, 1.165) is 0 Å². The average molecular weight is 388 g/mol. The molecular formula is C20H22ClN3O3. The highest BCUT2D eigenvalue weighted by Crippen LogP contribution is 2.09. The van der Waals surface area contributed by atoms with Gasteiger partial charge in [-0.25, -0.2) is 0 Å². The van der Waals surface area contributed by atoms with Crippen LogP contribution in [-0.2, 0) is 4.79 Å². The Bertz CT molecular complexity index is 764. The SMILES string of the molecule is O=C(CCCNC(=O)c1ccccc1)NCCNC(=O)c1ccc(Cl)cc1. The number of amides is 3. The maximum Gasteiger partial charge on any atom is 0.251 e. The fourth-order valence-electron chi connectivity index (χ4n) is 2.31. The number of carbonyl (C=O) groups excluding carboxylic acids is 3. The number of benzene rings is 2. The van der Waals surface area contributed by atoms with Gasteiger partial charge in [-0.3, -0.25) is 14.4 Å². The summed E-state index contributed by atoms with van der Waals surface area (Å²) in [6.45, 7) is 1.10. The fraction of sp³-hybridized carbons (Fsp3) is 0.250. The smallest absolute Gasteiger partial charge is 0.251 e. The Morgan fingerprint density at radius 2 is 1.26 bits per heavy atom. The lowest BCUT2D eigenvalue weighted by atomic mass is 10.2. The predicted octanol–water partition coefficient (Wildman–Crippen LogP) is 2.40. The quantitative estimate of drug-likeness (QED) is 0.577. The second-order valence-electron chi connectivity index (χ2n) is 5.84. The van der Waals surface area contributed by atoms with Gasteiger partial charge in [0.25, 0.3) is 11.8 Å². The highest BCUT2D eigenvalue weighted by Gasteiger charge is 2.06. The molecule has 3 amide bonds. The molecule has 0 aliphatic rings. The molecule has 27 heavy (non-hydrogen) atoms. The highest BCUT2D eigenvalue weighted by atomic mass is 35.5. The Balaban J connectivity index is 1.54. The number of nitrogens with one attached hydrogen (secondary N) is 3. The van der Waals surface area contributed by atoms with E-state index in [4.69, 9.17) is 11.6 Å². The summed E-state index contributed by atoms with van der Waals surface area (Å²) in [6.07, 6.45) is 0.849. The summed E-state index contributed by atoms with van der Waals surface area (Å²) in [5.74, 6) is -0.491. The lowest BCUT2D eigenvalue weighted by molar-refractivity contribution is -0.121. The zero-order chi connectivity index (χ0) is 19.5. The van der Waals surface area contributed by atoms with Crippen molar-refractivity contribution in [3.8, 4) is 0 Å². The van der Waals surface area contributed by atoms with Crippen molar-refractivity contribution in [2.45, 2.75) is 12.8 Å². The van der Waals surface area contributed by atoms with Crippen molar-refractivity contribution >= 4 is 29.3 Å². The van der Waals surface area contributed by atoms with Gasteiger partial charge in [-0.15, -0.1) is 0 Å². The average Bonchev–Trinajstić information content (AvgIpc) is 2.69. The van der Waals surface area contributed by atoms with E-state index in [9.17, 15) is 14.4 Å². The standard InChI is InChI=1S/C20H22ClN3O3/c21-17-10-8-16(9-11-17)20(27)24-14-13-22-18(25)7-4-12-23-19(26)15-5-2-1-3-6-15/h1-3,5-6,8-11H,4,7,12-14H2,(H,22,25)(H,23,26)(H,24,27). The van der Waals surface area contributed by atoms with Crippen molar-refractivity contribution < 1.29 is 14.4 Å². The van der Waals surface area contributed by atoms with E-state index in [1.807, 2.05) is 6.07 Å². The topological polar surface area (TPSA) is 87.3 Å². The summed E-state index contributed by atoms with van der Waals surface area (Å²) in [4.78, 5) is 35.5. The molecule has 3 N–H and O–H groups in total. The molecule has 2 aromatic carbocycles. The van der Waals surface area contributed by atoms with Gasteiger partial charge in [-0.05, 0) is 42.8 Å². The van der Waals surface area contributed by atoms with Crippen LogP contribution in [0, 0.1) is 0 Å². The van der Waals surface area contributed by atoms with E-state index >= 15 is 0 Å². The second-order valence-corrected chi connectivity index (χ2v) is 6.27. The number of hydrogen-bond donors (Lipinski definition) is 3. The minimum Gasteiger partial charge on any atom is -0.354 e. The van der Waals surface area contributed by atoms with Crippen LogP contribution in [0.2, 0.25) is 5.02 Å². The van der Waals surface area contributed by atoms with Crippen LogP contribution in [-0.4, -0.2) is 37.4 Å². The van der Waals surface area contributed by atoms with Gasteiger partial charge in [0, 0.05) is 42.2 Å². The van der Waals surface area contributed by atoms with Crippen molar-refractivity contribution in [2.75, 3.05) is 19.6 Å². The second kappa shape index (κ2) is 11.0. The summed E-state index contributed by atoms with van der Waals surface area (Å²) in [5.41, 5.74) is 1.11. The van der Waals surface area contributed by atoms with E-state index in [-0.39, 0.29) is 17.7 Å². The van der Waals surface area contributed by atoms with Crippen LogP contribution in [0.25, 0.3) is 0 Å². The molecule has 0 fully saturated rings. The Morgan fingerprint density at radius 1 is 0.704 bits per heavy atom. The van der Waals surface area contributed by atoms with E-state index < -0.39 is 0 Å². The molecule has 6 nitrogen and oxygen atoms in total. The third-order valence-electron chi connectivity index (χ3n) is 3.74. The van der Waals surface area contributed by atoms with Gasteiger partial charge < -0.3 is 16.0 Å². The summed E-state index contributed by atoms with van der Waals surface area (Å²) in [6, 6.07) is 15.5. The van der Waals surface area contributed by atoms with Crippen molar-refractivity contribution in [1.82, 2.24) is 16.0 Å². The molecule has 0 atom stereocenters. The zero-order valence-electron chi connectivity index (χ0n) is 14.8. The van der Waals surface area contributed by atoms with Crippen molar-refractivity contribution in [1.29, 1.82) is 0 Å². The molecular weight excluding hydrogens is 366 g/mol. The molecule has 0 saturated carbocycles. The van der Waals surface area contributed by atoms with Crippen LogP contribution in [0.15, 0.2) is 54.6 Å². The van der Waals surface area contributed by atoms with Gasteiger partial charge in [0.1, 0.15) is 0 Å². The van der Waals surface area contributed by atoms with Crippen molar-refractivity contribution in [3.05, 3.63) is 70.7 Å². The maximum atomic E-state index is 11.9. The van der Waals surface area contributed by atoms with E-state index in [1.165, 1.54) is 0 Å². The van der Waals surface area contributed by atoms with Crippen LogP contribution in [0.5, 0.6) is 0 Å². The van der Waals surface area contributed by atoms with Crippen molar-refractivity contribution in [2.24, 2.45) is 0 Å². The summed E-state index contributed by atoms with van der Waals surface area (Å²) in [7, 11) is 0. The molecule has 0 aliphatic carbocycles. The molecule has 0 radical (unpaired) electrons. The third-order valence-corrected chi connectivity index (χ3v) is 3.99. The van der Waals surface area contributed by atoms with Gasteiger partial charge in [0.2, 0.25) is 5.91 Å². The molecule has 7 heteroatoms. The minimum atomic E-state index is -0.218. The number of carbonyl (C=O) groups is 3. The van der Waals surface area contributed by atoms with Crippen LogP contribution in [0.4, 0.5) is 0 Å². The molecule has 0 aromatic heterocycles. The van der Waals surface area contributed by atoms with Crippen LogP contribution < -0.4 is 16.0 Å². The highest BCUT2D eigenvalue weighted by molar-refractivity contribution is 6.30. The van der Waals surface area contributed by atoms with Gasteiger partial charge in [0.05, 0.1) is 0 Å². The summed E-state index contributed by atoms with van der Waals surface area (Å²) < 4.78 is 0. The maximum absolute atomic E-state index is 11.9. The largest absolute Gasteiger partial charge is 0.354 e. The minimum absolute atomic E-state index is 0.121. The molecule has 0 unspecified atom stereocenters. The Kier molecular flexibility index (Phi) is 8.32. The Labute approximate surface area is 163 Å².